The quantitative estimate of drug-likeness (QED) is 0.544. The van der Waals surface area contributed by atoms with Crippen molar-refractivity contribution in [1.82, 2.24) is 4.90 Å². The van der Waals surface area contributed by atoms with E-state index in [2.05, 4.69) is 0 Å². The smallest absolute Gasteiger partial charge is 0.179 e. The van der Waals surface area contributed by atoms with Gasteiger partial charge >= 0.3 is 0 Å². The van der Waals surface area contributed by atoms with Crippen LogP contribution in [0.1, 0.15) is 30.1 Å². The third-order valence-corrected chi connectivity index (χ3v) is 4.02. The SMILES string of the molecule is CC(C(=O)c1cccc(Cl)c1)N(C)CCOCC1CC1. The summed E-state index contributed by atoms with van der Waals surface area (Å²) in [7, 11) is 1.95. The average Bonchev–Trinajstić information content (AvgIpc) is 3.26. The second-order valence-electron chi connectivity index (χ2n) is 5.55. The third-order valence-electron chi connectivity index (χ3n) is 3.79. The van der Waals surface area contributed by atoms with Crippen LogP contribution < -0.4 is 0 Å². The zero-order chi connectivity index (χ0) is 14.5. The fourth-order valence-electron chi connectivity index (χ4n) is 2.02. The maximum absolute atomic E-state index is 12.3. The molecule has 0 N–H and O–H groups in total. The van der Waals surface area contributed by atoms with E-state index in [-0.39, 0.29) is 11.8 Å². The fraction of sp³-hybridized carbons (Fsp3) is 0.562. The summed E-state index contributed by atoms with van der Waals surface area (Å²) in [5.41, 5.74) is 0.663. The van der Waals surface area contributed by atoms with E-state index in [1.807, 2.05) is 24.9 Å². The van der Waals surface area contributed by atoms with Gasteiger partial charge in [0.2, 0.25) is 0 Å². The molecule has 1 aliphatic carbocycles. The molecule has 4 heteroatoms. The predicted molar refractivity (Wildman–Crippen MR) is 81.4 cm³/mol. The Labute approximate surface area is 125 Å². The highest BCUT2D eigenvalue weighted by atomic mass is 35.5. The summed E-state index contributed by atoms with van der Waals surface area (Å²) in [5.74, 6) is 0.878. The van der Waals surface area contributed by atoms with Crippen molar-refractivity contribution in [1.29, 1.82) is 0 Å². The van der Waals surface area contributed by atoms with Crippen molar-refractivity contribution in [3.63, 3.8) is 0 Å². The second kappa shape index (κ2) is 7.21. The molecular formula is C16H22ClNO2. The van der Waals surface area contributed by atoms with Crippen LogP contribution in [0.2, 0.25) is 5.02 Å². The van der Waals surface area contributed by atoms with Gasteiger partial charge in [0.1, 0.15) is 0 Å². The van der Waals surface area contributed by atoms with Crippen LogP contribution >= 0.6 is 11.6 Å². The molecule has 0 heterocycles. The van der Waals surface area contributed by atoms with E-state index in [0.717, 1.165) is 19.1 Å². The third kappa shape index (κ3) is 4.58. The topological polar surface area (TPSA) is 29.5 Å². The van der Waals surface area contributed by atoms with Gasteiger partial charge in [-0.3, -0.25) is 9.69 Å². The summed E-state index contributed by atoms with van der Waals surface area (Å²) in [6, 6.07) is 6.94. The van der Waals surface area contributed by atoms with Gasteiger partial charge in [-0.1, -0.05) is 23.7 Å². The Bertz CT molecular complexity index is 460. The molecule has 2 rings (SSSR count). The molecule has 1 aromatic carbocycles. The van der Waals surface area contributed by atoms with Crippen LogP contribution in [0, 0.1) is 5.92 Å². The minimum absolute atomic E-state index is 0.0946. The zero-order valence-electron chi connectivity index (χ0n) is 12.1. The number of nitrogens with zero attached hydrogens (tertiary/aromatic N) is 1. The molecule has 1 fully saturated rings. The number of carbonyl (C=O) groups excluding carboxylic acids is 1. The Morgan fingerprint density at radius 2 is 2.25 bits per heavy atom. The van der Waals surface area contributed by atoms with Crippen LogP contribution in [0.15, 0.2) is 24.3 Å². The van der Waals surface area contributed by atoms with E-state index in [4.69, 9.17) is 16.3 Å². The highest BCUT2D eigenvalue weighted by Gasteiger charge is 2.22. The first-order valence-electron chi connectivity index (χ1n) is 7.15. The molecule has 1 aliphatic rings. The Kier molecular flexibility index (Phi) is 5.58. The van der Waals surface area contributed by atoms with Crippen LogP contribution in [0.25, 0.3) is 0 Å². The van der Waals surface area contributed by atoms with Gasteiger partial charge in [0.05, 0.1) is 12.6 Å². The molecule has 3 nitrogen and oxygen atoms in total. The number of benzene rings is 1. The number of halogens is 1. The van der Waals surface area contributed by atoms with E-state index >= 15 is 0 Å². The maximum atomic E-state index is 12.3. The Hall–Kier alpha value is -0.900. The van der Waals surface area contributed by atoms with E-state index in [1.165, 1.54) is 12.8 Å². The average molecular weight is 296 g/mol. The van der Waals surface area contributed by atoms with Crippen molar-refractivity contribution in [3.05, 3.63) is 34.9 Å². The summed E-state index contributed by atoms with van der Waals surface area (Å²) in [4.78, 5) is 14.4. The molecule has 1 saturated carbocycles. The van der Waals surface area contributed by atoms with Gasteiger partial charge in [0.15, 0.2) is 5.78 Å². The maximum Gasteiger partial charge on any atom is 0.179 e. The highest BCUT2D eigenvalue weighted by molar-refractivity contribution is 6.31. The van der Waals surface area contributed by atoms with Crippen LogP contribution in [0.5, 0.6) is 0 Å². The number of hydrogen-bond acceptors (Lipinski definition) is 3. The predicted octanol–water partition coefficient (Wildman–Crippen LogP) is 3.27. The first kappa shape index (κ1) is 15.5. The lowest BCUT2D eigenvalue weighted by molar-refractivity contribution is 0.0749. The van der Waals surface area contributed by atoms with E-state index < -0.39 is 0 Å². The molecule has 0 amide bonds. The highest BCUT2D eigenvalue weighted by Crippen LogP contribution is 2.28. The number of rotatable bonds is 8. The first-order chi connectivity index (χ1) is 9.58. The Morgan fingerprint density at radius 1 is 1.50 bits per heavy atom. The molecule has 20 heavy (non-hydrogen) atoms. The second-order valence-corrected chi connectivity index (χ2v) is 5.99. The largest absolute Gasteiger partial charge is 0.380 e. The molecule has 0 radical (unpaired) electrons. The van der Waals surface area contributed by atoms with Crippen molar-refractivity contribution in [2.45, 2.75) is 25.8 Å². The summed E-state index contributed by atoms with van der Waals surface area (Å²) in [5, 5.41) is 0.596. The van der Waals surface area contributed by atoms with Crippen LogP contribution in [0.4, 0.5) is 0 Å². The van der Waals surface area contributed by atoms with Crippen LogP contribution in [-0.2, 0) is 4.74 Å². The minimum atomic E-state index is -0.169. The standard InChI is InChI=1S/C16H22ClNO2/c1-12(16(19)14-4-3-5-15(17)10-14)18(2)8-9-20-11-13-6-7-13/h3-5,10,12-13H,6-9,11H2,1-2H3. The molecule has 1 atom stereocenters. The summed E-state index contributed by atoms with van der Waals surface area (Å²) >= 11 is 5.93. The number of ketones is 1. The monoisotopic (exact) mass is 295 g/mol. The Morgan fingerprint density at radius 3 is 2.90 bits per heavy atom. The van der Waals surface area contributed by atoms with Crippen molar-refractivity contribution in [3.8, 4) is 0 Å². The molecule has 0 bridgehead atoms. The summed E-state index contributed by atoms with van der Waals surface area (Å²) in [6.07, 6.45) is 2.61. The normalized spacial score (nSPS) is 16.4. The minimum Gasteiger partial charge on any atom is -0.380 e. The van der Waals surface area contributed by atoms with Gasteiger partial charge in [-0.15, -0.1) is 0 Å². The van der Waals surface area contributed by atoms with Crippen molar-refractivity contribution in [2.24, 2.45) is 5.92 Å². The number of hydrogen-bond donors (Lipinski definition) is 0. The summed E-state index contributed by atoms with van der Waals surface area (Å²) in [6.45, 7) is 4.23. The number of likely N-dealkylation sites (N-methyl/N-ethyl adjacent to an activating group) is 1. The lowest BCUT2D eigenvalue weighted by Gasteiger charge is -2.23. The lowest BCUT2D eigenvalue weighted by atomic mass is 10.0. The lowest BCUT2D eigenvalue weighted by Crippen LogP contribution is -2.38. The van der Waals surface area contributed by atoms with Gasteiger partial charge in [-0.2, -0.15) is 0 Å². The molecule has 1 aromatic rings. The molecule has 0 aromatic heterocycles. The van der Waals surface area contributed by atoms with E-state index in [9.17, 15) is 4.79 Å². The van der Waals surface area contributed by atoms with Crippen LogP contribution in [0.3, 0.4) is 0 Å². The number of Topliss-reactive ketones (excluding diaryl/α,β-unsaturated/α-hetero) is 1. The van der Waals surface area contributed by atoms with Gasteiger partial charge in [0, 0.05) is 23.7 Å². The van der Waals surface area contributed by atoms with Crippen molar-refractivity contribution in [2.75, 3.05) is 26.8 Å². The molecule has 0 aliphatic heterocycles. The zero-order valence-corrected chi connectivity index (χ0v) is 12.9. The van der Waals surface area contributed by atoms with E-state index in [1.54, 1.807) is 18.2 Å². The van der Waals surface area contributed by atoms with Gasteiger partial charge in [-0.25, -0.2) is 0 Å². The molecule has 0 spiro atoms. The molecule has 0 saturated heterocycles. The van der Waals surface area contributed by atoms with Crippen molar-refractivity contribution >= 4 is 17.4 Å². The van der Waals surface area contributed by atoms with E-state index in [0.29, 0.717) is 17.2 Å². The first-order valence-corrected chi connectivity index (χ1v) is 7.53. The van der Waals surface area contributed by atoms with Gasteiger partial charge in [-0.05, 0) is 44.9 Å². The number of ether oxygens (including phenoxy) is 1. The number of carbonyl (C=O) groups is 1. The molecule has 110 valence electrons. The molecule has 1 unspecified atom stereocenters. The summed E-state index contributed by atoms with van der Waals surface area (Å²) < 4.78 is 5.61. The van der Waals surface area contributed by atoms with Crippen molar-refractivity contribution < 1.29 is 9.53 Å². The van der Waals surface area contributed by atoms with Crippen LogP contribution in [-0.4, -0.2) is 43.5 Å². The molecular weight excluding hydrogens is 274 g/mol. The van der Waals surface area contributed by atoms with Gasteiger partial charge in [0.25, 0.3) is 0 Å². The van der Waals surface area contributed by atoms with Gasteiger partial charge < -0.3 is 4.74 Å². The Balaban J connectivity index is 1.78. The fourth-order valence-corrected chi connectivity index (χ4v) is 2.21.